The number of H-pyrrole nitrogens is 1. The van der Waals surface area contributed by atoms with Crippen LogP contribution in [0.1, 0.15) is 24.2 Å². The molecule has 0 fully saturated rings. The van der Waals surface area contributed by atoms with Crippen LogP contribution in [0.5, 0.6) is 0 Å². The number of sulfone groups is 1. The molecule has 166 valence electrons. The van der Waals surface area contributed by atoms with Gasteiger partial charge in [-0.05, 0) is 23.8 Å². The summed E-state index contributed by atoms with van der Waals surface area (Å²) < 4.78 is 68.0. The fourth-order valence-electron chi connectivity index (χ4n) is 3.60. The normalized spacial score (nSPS) is 12.9. The number of imidazole rings is 1. The monoisotopic (exact) mass is 460 g/mol. The Balaban J connectivity index is 1.79. The molecule has 0 aliphatic rings. The van der Waals surface area contributed by atoms with Crippen molar-refractivity contribution in [3.63, 3.8) is 0 Å². The highest BCUT2D eigenvalue weighted by Crippen LogP contribution is 2.34. The third-order valence-corrected chi connectivity index (χ3v) is 7.12. The van der Waals surface area contributed by atoms with Crippen molar-refractivity contribution in [3.05, 3.63) is 83.4 Å². The van der Waals surface area contributed by atoms with Crippen molar-refractivity contribution < 1.29 is 26.7 Å². The lowest BCUT2D eigenvalue weighted by atomic mass is 9.99. The Morgan fingerprint density at radius 2 is 1.72 bits per heavy atom. The van der Waals surface area contributed by atoms with E-state index < -0.39 is 45.4 Å². The quantitative estimate of drug-likeness (QED) is 0.442. The predicted octanol–water partition coefficient (Wildman–Crippen LogP) is 4.57. The molecule has 1 atom stereocenters. The van der Waals surface area contributed by atoms with Gasteiger partial charge in [0.15, 0.2) is 15.7 Å². The lowest BCUT2D eigenvalue weighted by Gasteiger charge is -2.12. The first-order chi connectivity index (χ1) is 15.3. The highest BCUT2D eigenvalue weighted by Gasteiger charge is 2.24. The molecule has 0 radical (unpaired) electrons. The number of aliphatic hydroxyl groups is 1. The first kappa shape index (κ1) is 22.0. The molecule has 9 heteroatoms. The summed E-state index contributed by atoms with van der Waals surface area (Å²) in [6.45, 7) is 1.13. The summed E-state index contributed by atoms with van der Waals surface area (Å²) in [4.78, 5) is 7.17. The summed E-state index contributed by atoms with van der Waals surface area (Å²) in [6, 6.07) is 12.2. The Morgan fingerprint density at radius 3 is 2.34 bits per heavy atom. The van der Waals surface area contributed by atoms with Gasteiger partial charge < -0.3 is 10.1 Å². The number of aliphatic hydroxyl groups excluding tert-OH is 1. The largest absolute Gasteiger partial charge is 0.395 e. The van der Waals surface area contributed by atoms with Crippen molar-refractivity contribution in [2.75, 3.05) is 12.4 Å². The summed E-state index contributed by atoms with van der Waals surface area (Å²) in [5, 5.41) is 9.93. The molecule has 32 heavy (non-hydrogen) atoms. The Kier molecular flexibility index (Phi) is 5.79. The van der Waals surface area contributed by atoms with E-state index in [1.807, 2.05) is 0 Å². The van der Waals surface area contributed by atoms with Gasteiger partial charge in [0.1, 0.15) is 23.0 Å². The Morgan fingerprint density at radius 1 is 1.03 bits per heavy atom. The number of fused-ring (bicyclic) bond motifs is 1. The van der Waals surface area contributed by atoms with E-state index in [9.17, 15) is 22.3 Å². The van der Waals surface area contributed by atoms with Gasteiger partial charge in [0.25, 0.3) is 0 Å². The van der Waals surface area contributed by atoms with Crippen LogP contribution in [0.3, 0.4) is 0 Å². The maximum atomic E-state index is 15.2. The number of benzene rings is 3. The van der Waals surface area contributed by atoms with Crippen LogP contribution < -0.4 is 0 Å². The van der Waals surface area contributed by atoms with E-state index in [1.165, 1.54) is 37.3 Å². The lowest BCUT2D eigenvalue weighted by Crippen LogP contribution is -2.09. The molecular formula is C23H19F3N2O3S. The summed E-state index contributed by atoms with van der Waals surface area (Å²) in [7, 11) is -3.39. The van der Waals surface area contributed by atoms with Crippen molar-refractivity contribution in [3.8, 4) is 11.1 Å². The number of hydrogen-bond donors (Lipinski definition) is 2. The molecule has 1 heterocycles. The molecule has 1 aromatic heterocycles. The molecule has 0 aliphatic carbocycles. The fourth-order valence-corrected chi connectivity index (χ4v) is 4.48. The maximum Gasteiger partial charge on any atom is 0.178 e. The standard InChI is InChI=1S/C23H19F3N2O3S/c1-2-32(30,31)14-9-7-13(8-10-14)16(12-29)23-27-19-11-18(25)20(21(26)22(19)28-23)15-5-3-4-6-17(15)24/h3-11,16,29H,2,12H2,1H3,(H,27,28). The van der Waals surface area contributed by atoms with Gasteiger partial charge in [-0.1, -0.05) is 37.3 Å². The molecular weight excluding hydrogens is 441 g/mol. The SMILES string of the molecule is CCS(=O)(=O)c1ccc(C(CO)c2nc3c(F)c(-c4ccccc4F)c(F)cc3[nH]2)cc1. The Bertz CT molecular complexity index is 1400. The third kappa shape index (κ3) is 3.78. The lowest BCUT2D eigenvalue weighted by molar-refractivity contribution is 0.277. The zero-order valence-electron chi connectivity index (χ0n) is 16.9. The second kappa shape index (κ2) is 8.40. The minimum Gasteiger partial charge on any atom is -0.395 e. The van der Waals surface area contributed by atoms with Gasteiger partial charge in [-0.3, -0.25) is 0 Å². The number of aromatic amines is 1. The highest BCUT2D eigenvalue weighted by molar-refractivity contribution is 7.91. The van der Waals surface area contributed by atoms with E-state index in [4.69, 9.17) is 0 Å². The average Bonchev–Trinajstić information content (AvgIpc) is 3.19. The molecule has 0 amide bonds. The highest BCUT2D eigenvalue weighted by atomic mass is 32.2. The van der Waals surface area contributed by atoms with Crippen LogP contribution in [0.15, 0.2) is 59.5 Å². The second-order valence-corrected chi connectivity index (χ2v) is 9.53. The van der Waals surface area contributed by atoms with E-state index in [0.29, 0.717) is 5.56 Å². The Hall–Kier alpha value is -3.17. The van der Waals surface area contributed by atoms with Gasteiger partial charge in [0.2, 0.25) is 0 Å². The molecule has 0 spiro atoms. The van der Waals surface area contributed by atoms with Crippen LogP contribution in [-0.2, 0) is 9.84 Å². The maximum absolute atomic E-state index is 15.2. The summed E-state index contributed by atoms with van der Waals surface area (Å²) in [5.41, 5.74) is -0.345. The molecule has 2 N–H and O–H groups in total. The van der Waals surface area contributed by atoms with Gasteiger partial charge in [0, 0.05) is 11.6 Å². The summed E-state index contributed by atoms with van der Waals surface area (Å²) in [5.74, 6) is -3.36. The molecule has 0 saturated carbocycles. The van der Waals surface area contributed by atoms with Crippen molar-refractivity contribution in [1.82, 2.24) is 9.97 Å². The van der Waals surface area contributed by atoms with Gasteiger partial charge in [-0.25, -0.2) is 26.6 Å². The van der Waals surface area contributed by atoms with E-state index >= 15 is 4.39 Å². The number of halogens is 3. The smallest absolute Gasteiger partial charge is 0.178 e. The summed E-state index contributed by atoms with van der Waals surface area (Å²) >= 11 is 0. The molecule has 0 aliphatic heterocycles. The minimum absolute atomic E-state index is 0.0471. The predicted molar refractivity (Wildman–Crippen MR) is 115 cm³/mol. The van der Waals surface area contributed by atoms with Crippen molar-refractivity contribution in [2.24, 2.45) is 0 Å². The van der Waals surface area contributed by atoms with Gasteiger partial charge in [0.05, 0.1) is 34.3 Å². The molecule has 1 unspecified atom stereocenters. The van der Waals surface area contributed by atoms with Crippen molar-refractivity contribution in [1.29, 1.82) is 0 Å². The number of aromatic nitrogens is 2. The van der Waals surface area contributed by atoms with E-state index in [-0.39, 0.29) is 33.1 Å². The molecule has 4 aromatic rings. The number of rotatable bonds is 6. The first-order valence-electron chi connectivity index (χ1n) is 9.83. The van der Waals surface area contributed by atoms with Crippen LogP contribution in [0.4, 0.5) is 13.2 Å². The van der Waals surface area contributed by atoms with Crippen LogP contribution in [0, 0.1) is 17.5 Å². The molecule has 3 aromatic carbocycles. The summed E-state index contributed by atoms with van der Waals surface area (Å²) in [6.07, 6.45) is 0. The third-order valence-electron chi connectivity index (χ3n) is 5.36. The van der Waals surface area contributed by atoms with E-state index in [0.717, 1.165) is 12.1 Å². The molecule has 0 saturated heterocycles. The second-order valence-electron chi connectivity index (χ2n) is 7.25. The first-order valence-corrected chi connectivity index (χ1v) is 11.5. The zero-order chi connectivity index (χ0) is 23.0. The average molecular weight is 460 g/mol. The Labute approximate surface area is 182 Å². The number of nitrogens with one attached hydrogen (secondary N) is 1. The van der Waals surface area contributed by atoms with Crippen LogP contribution in [0.2, 0.25) is 0 Å². The number of nitrogens with zero attached hydrogens (tertiary/aromatic N) is 1. The van der Waals surface area contributed by atoms with E-state index in [1.54, 1.807) is 12.1 Å². The van der Waals surface area contributed by atoms with Crippen molar-refractivity contribution in [2.45, 2.75) is 17.7 Å². The van der Waals surface area contributed by atoms with Crippen LogP contribution >= 0.6 is 0 Å². The topological polar surface area (TPSA) is 83.1 Å². The molecule has 0 bridgehead atoms. The molecule has 5 nitrogen and oxygen atoms in total. The minimum atomic E-state index is -3.39. The zero-order valence-corrected chi connectivity index (χ0v) is 17.8. The molecule has 4 rings (SSSR count). The van der Waals surface area contributed by atoms with E-state index in [2.05, 4.69) is 9.97 Å². The van der Waals surface area contributed by atoms with Crippen LogP contribution in [0.25, 0.3) is 22.2 Å². The van der Waals surface area contributed by atoms with Crippen molar-refractivity contribution >= 4 is 20.9 Å². The van der Waals surface area contributed by atoms with Gasteiger partial charge >= 0.3 is 0 Å². The number of hydrogen-bond acceptors (Lipinski definition) is 4. The van der Waals surface area contributed by atoms with Gasteiger partial charge in [-0.15, -0.1) is 0 Å². The van der Waals surface area contributed by atoms with Gasteiger partial charge in [-0.2, -0.15) is 0 Å². The van der Waals surface area contributed by atoms with Crippen LogP contribution in [-0.4, -0.2) is 35.9 Å². The fraction of sp³-hybridized carbons (Fsp3) is 0.174.